The van der Waals surface area contributed by atoms with Crippen LogP contribution in [-0.2, 0) is 0 Å². The van der Waals surface area contributed by atoms with Gasteiger partial charge in [0.15, 0.2) is 0 Å². The van der Waals surface area contributed by atoms with Crippen molar-refractivity contribution in [3.8, 4) is 0 Å². The highest BCUT2D eigenvalue weighted by Gasteiger charge is 2.20. The van der Waals surface area contributed by atoms with Gasteiger partial charge in [-0.3, -0.25) is 5.84 Å². The van der Waals surface area contributed by atoms with Gasteiger partial charge in [0.25, 0.3) is 0 Å². The molecule has 0 spiro atoms. The Hall–Kier alpha value is -1.58. The molecule has 3 N–H and O–H groups in total. The molecule has 1 aliphatic carbocycles. The first-order chi connectivity index (χ1) is 8.90. The van der Waals surface area contributed by atoms with Crippen molar-refractivity contribution < 1.29 is 4.42 Å². The number of nitrogens with one attached hydrogen (secondary N) is 1. The average Bonchev–Trinajstić information content (AvgIpc) is 2.85. The Morgan fingerprint density at radius 2 is 2.11 bits per heavy atom. The summed E-state index contributed by atoms with van der Waals surface area (Å²) in [6.45, 7) is 0. The molecule has 0 aliphatic heterocycles. The average molecular weight is 242 g/mol. The Morgan fingerprint density at radius 1 is 1.22 bits per heavy atom. The van der Waals surface area contributed by atoms with Crippen LogP contribution in [-0.4, -0.2) is 0 Å². The second-order valence-electron chi connectivity index (χ2n) is 4.81. The lowest BCUT2D eigenvalue weighted by molar-refractivity contribution is 0.551. The minimum Gasteiger partial charge on any atom is -0.464 e. The van der Waals surface area contributed by atoms with E-state index in [1.807, 2.05) is 24.5 Å². The summed E-state index contributed by atoms with van der Waals surface area (Å²) in [4.78, 5) is 0. The van der Waals surface area contributed by atoms with Crippen LogP contribution in [0.2, 0.25) is 0 Å². The topological polar surface area (TPSA) is 51.2 Å². The summed E-state index contributed by atoms with van der Waals surface area (Å²) in [6, 6.07) is 8.17. The Bertz CT molecular complexity index is 571. The fourth-order valence-electron chi connectivity index (χ4n) is 2.74. The normalized spacial score (nSPS) is 17.7. The van der Waals surface area contributed by atoms with Crippen LogP contribution >= 0.6 is 0 Å². The van der Waals surface area contributed by atoms with Crippen molar-refractivity contribution in [2.75, 3.05) is 0 Å². The van der Waals surface area contributed by atoms with E-state index in [4.69, 9.17) is 10.3 Å². The van der Waals surface area contributed by atoms with E-state index in [0.717, 1.165) is 29.4 Å². The van der Waals surface area contributed by atoms with Gasteiger partial charge in [-0.2, -0.15) is 0 Å². The Labute approximate surface area is 107 Å². The van der Waals surface area contributed by atoms with Gasteiger partial charge in [-0.1, -0.05) is 29.8 Å². The molecule has 1 aliphatic rings. The summed E-state index contributed by atoms with van der Waals surface area (Å²) in [5, 5.41) is 1.15. The molecule has 2 aromatic rings. The van der Waals surface area contributed by atoms with Gasteiger partial charge in [0.05, 0.1) is 12.3 Å². The number of hydrogen-bond donors (Lipinski definition) is 2. The fraction of sp³-hybridized carbons (Fsp3) is 0.333. The van der Waals surface area contributed by atoms with Crippen molar-refractivity contribution >= 4 is 11.0 Å². The van der Waals surface area contributed by atoms with E-state index in [1.54, 1.807) is 0 Å². The monoisotopic (exact) mass is 242 g/mol. The number of fused-ring (bicyclic) bond motifs is 1. The molecule has 1 aromatic heterocycles. The molecule has 0 saturated heterocycles. The van der Waals surface area contributed by atoms with Gasteiger partial charge in [-0.15, -0.1) is 0 Å². The number of benzene rings is 1. The van der Waals surface area contributed by atoms with E-state index >= 15 is 0 Å². The van der Waals surface area contributed by atoms with Crippen molar-refractivity contribution in [2.24, 2.45) is 5.84 Å². The number of allylic oxidation sites excluding steroid dienone is 1. The molecule has 94 valence electrons. The van der Waals surface area contributed by atoms with Crippen LogP contribution in [0, 0.1) is 0 Å². The molecule has 1 unspecified atom stereocenters. The predicted molar refractivity (Wildman–Crippen MR) is 72.8 cm³/mol. The third-order valence-corrected chi connectivity index (χ3v) is 3.69. The number of rotatable bonds is 3. The molecule has 0 fully saturated rings. The second kappa shape index (κ2) is 4.96. The van der Waals surface area contributed by atoms with E-state index in [0.29, 0.717) is 0 Å². The van der Waals surface area contributed by atoms with E-state index in [9.17, 15) is 0 Å². The van der Waals surface area contributed by atoms with Crippen LogP contribution in [0.5, 0.6) is 0 Å². The molecule has 3 heteroatoms. The molecule has 0 amide bonds. The zero-order valence-electron chi connectivity index (χ0n) is 10.4. The second-order valence-corrected chi connectivity index (χ2v) is 4.81. The Balaban J connectivity index is 2.03. The lowest BCUT2D eigenvalue weighted by atomic mass is 9.90. The van der Waals surface area contributed by atoms with E-state index < -0.39 is 0 Å². The summed E-state index contributed by atoms with van der Waals surface area (Å²) in [5.74, 6) is 5.75. The molecule has 1 atom stereocenters. The number of furan rings is 1. The van der Waals surface area contributed by atoms with Gasteiger partial charge in [0.2, 0.25) is 0 Å². The van der Waals surface area contributed by atoms with Crippen molar-refractivity contribution in [2.45, 2.75) is 31.7 Å². The van der Waals surface area contributed by atoms with Crippen LogP contribution in [0.15, 0.2) is 46.6 Å². The highest BCUT2D eigenvalue weighted by molar-refractivity contribution is 5.81. The minimum atomic E-state index is 0.0777. The first-order valence-corrected chi connectivity index (χ1v) is 6.51. The Kier molecular flexibility index (Phi) is 3.17. The SMILES string of the molecule is NNC(C1=CCCCC1)c1coc2ccccc12. The van der Waals surface area contributed by atoms with Gasteiger partial charge in [-0.25, -0.2) is 5.43 Å². The van der Waals surface area contributed by atoms with Crippen LogP contribution in [0.4, 0.5) is 0 Å². The molecule has 0 bridgehead atoms. The third kappa shape index (κ3) is 1.96. The lowest BCUT2D eigenvalue weighted by Crippen LogP contribution is -2.29. The van der Waals surface area contributed by atoms with E-state index in [1.165, 1.54) is 18.4 Å². The molecular weight excluding hydrogens is 224 g/mol. The molecule has 3 rings (SSSR count). The lowest BCUT2D eigenvalue weighted by Gasteiger charge is -2.22. The van der Waals surface area contributed by atoms with E-state index in [2.05, 4.69) is 17.6 Å². The predicted octanol–water partition coefficient (Wildman–Crippen LogP) is 3.44. The number of para-hydroxylation sites is 1. The molecular formula is C15H18N2O. The highest BCUT2D eigenvalue weighted by atomic mass is 16.3. The summed E-state index contributed by atoms with van der Waals surface area (Å²) < 4.78 is 5.60. The Morgan fingerprint density at radius 3 is 2.89 bits per heavy atom. The molecule has 1 aromatic carbocycles. The molecule has 18 heavy (non-hydrogen) atoms. The number of hydrogen-bond acceptors (Lipinski definition) is 3. The van der Waals surface area contributed by atoms with Gasteiger partial charge in [-0.05, 0) is 31.7 Å². The van der Waals surface area contributed by atoms with Gasteiger partial charge in [0.1, 0.15) is 5.58 Å². The van der Waals surface area contributed by atoms with Crippen molar-refractivity contribution in [3.63, 3.8) is 0 Å². The summed E-state index contributed by atoms with van der Waals surface area (Å²) in [6.07, 6.45) is 8.95. The zero-order valence-corrected chi connectivity index (χ0v) is 10.4. The van der Waals surface area contributed by atoms with Crippen LogP contribution in [0.1, 0.15) is 37.3 Å². The summed E-state index contributed by atoms with van der Waals surface area (Å²) >= 11 is 0. The van der Waals surface area contributed by atoms with Crippen molar-refractivity contribution in [1.82, 2.24) is 5.43 Å². The third-order valence-electron chi connectivity index (χ3n) is 3.69. The summed E-state index contributed by atoms with van der Waals surface area (Å²) in [7, 11) is 0. The molecule has 0 radical (unpaired) electrons. The van der Waals surface area contributed by atoms with Gasteiger partial charge >= 0.3 is 0 Å². The smallest absolute Gasteiger partial charge is 0.134 e. The first-order valence-electron chi connectivity index (χ1n) is 6.51. The van der Waals surface area contributed by atoms with Crippen LogP contribution < -0.4 is 11.3 Å². The number of nitrogens with two attached hydrogens (primary N) is 1. The summed E-state index contributed by atoms with van der Waals surface area (Å²) in [5.41, 5.74) is 6.38. The zero-order chi connectivity index (χ0) is 12.4. The van der Waals surface area contributed by atoms with Crippen molar-refractivity contribution in [1.29, 1.82) is 0 Å². The van der Waals surface area contributed by atoms with Crippen LogP contribution in [0.25, 0.3) is 11.0 Å². The van der Waals surface area contributed by atoms with Crippen LogP contribution in [0.3, 0.4) is 0 Å². The fourth-order valence-corrected chi connectivity index (χ4v) is 2.74. The molecule has 1 heterocycles. The number of hydrazine groups is 1. The minimum absolute atomic E-state index is 0.0777. The molecule has 3 nitrogen and oxygen atoms in total. The quantitative estimate of drug-likeness (QED) is 0.492. The van der Waals surface area contributed by atoms with E-state index in [-0.39, 0.29) is 6.04 Å². The molecule has 0 saturated carbocycles. The standard InChI is InChI=1S/C15H18N2O/c16-17-15(11-6-2-1-3-7-11)13-10-18-14-9-5-4-8-12(13)14/h4-6,8-10,15,17H,1-3,7,16H2. The van der Waals surface area contributed by atoms with Gasteiger partial charge < -0.3 is 4.42 Å². The maximum atomic E-state index is 5.75. The maximum absolute atomic E-state index is 5.75. The van der Waals surface area contributed by atoms with Gasteiger partial charge in [0, 0.05) is 10.9 Å². The van der Waals surface area contributed by atoms with Crippen molar-refractivity contribution in [3.05, 3.63) is 47.7 Å². The first kappa shape index (κ1) is 11.5. The highest BCUT2D eigenvalue weighted by Crippen LogP contribution is 2.34. The largest absolute Gasteiger partial charge is 0.464 e. The maximum Gasteiger partial charge on any atom is 0.134 e.